The first-order chi connectivity index (χ1) is 7.36. The van der Waals surface area contributed by atoms with E-state index in [2.05, 4.69) is 28.3 Å². The van der Waals surface area contributed by atoms with Gasteiger partial charge in [0.05, 0.1) is 0 Å². The van der Waals surface area contributed by atoms with Gasteiger partial charge in [-0.15, -0.1) is 0 Å². The molecule has 0 spiro atoms. The summed E-state index contributed by atoms with van der Waals surface area (Å²) in [5.41, 5.74) is 1.34. The third kappa shape index (κ3) is 3.01. The minimum Gasteiger partial charge on any atom is -0.314 e. The van der Waals surface area contributed by atoms with Crippen LogP contribution in [0.3, 0.4) is 0 Å². The van der Waals surface area contributed by atoms with Gasteiger partial charge in [0.25, 0.3) is 0 Å². The molecule has 1 aliphatic heterocycles. The number of piperazine rings is 1. The molecule has 0 aromatic carbocycles. The van der Waals surface area contributed by atoms with E-state index in [1.807, 2.05) is 18.5 Å². The Hall–Kier alpha value is -0.930. The summed E-state index contributed by atoms with van der Waals surface area (Å²) >= 11 is 0. The zero-order valence-corrected chi connectivity index (χ0v) is 9.32. The van der Waals surface area contributed by atoms with Gasteiger partial charge in [-0.25, -0.2) is 0 Å². The number of pyridine rings is 1. The molecule has 15 heavy (non-hydrogen) atoms. The zero-order valence-electron chi connectivity index (χ0n) is 9.32. The minimum absolute atomic E-state index is 0.680. The van der Waals surface area contributed by atoms with Crippen LogP contribution in [0.15, 0.2) is 24.5 Å². The van der Waals surface area contributed by atoms with Gasteiger partial charge in [-0.05, 0) is 31.5 Å². The third-order valence-corrected chi connectivity index (χ3v) is 3.13. The van der Waals surface area contributed by atoms with Gasteiger partial charge in [0, 0.05) is 38.1 Å². The van der Waals surface area contributed by atoms with Crippen molar-refractivity contribution in [2.75, 3.05) is 26.7 Å². The van der Waals surface area contributed by atoms with Crippen LogP contribution >= 0.6 is 0 Å². The van der Waals surface area contributed by atoms with Gasteiger partial charge in [0.1, 0.15) is 0 Å². The number of likely N-dealkylation sites (N-methyl/N-ethyl adjacent to an activating group) is 1. The van der Waals surface area contributed by atoms with Gasteiger partial charge >= 0.3 is 0 Å². The molecule has 2 heterocycles. The standard InChI is InChI=1S/C12H19N3/c1-15-8-7-14-10-12(15)5-4-11-3-2-6-13-9-11/h2-3,6,9,12,14H,4-5,7-8,10H2,1H3. The average Bonchev–Trinajstić information content (AvgIpc) is 2.29. The van der Waals surface area contributed by atoms with Crippen LogP contribution in [0, 0.1) is 0 Å². The zero-order chi connectivity index (χ0) is 10.5. The highest BCUT2D eigenvalue weighted by molar-refractivity contribution is 5.08. The molecule has 82 valence electrons. The molecule has 1 unspecified atom stereocenters. The summed E-state index contributed by atoms with van der Waals surface area (Å²) in [5, 5.41) is 3.44. The Morgan fingerprint density at radius 2 is 2.53 bits per heavy atom. The van der Waals surface area contributed by atoms with Crippen molar-refractivity contribution < 1.29 is 0 Å². The van der Waals surface area contributed by atoms with Gasteiger partial charge in [-0.2, -0.15) is 0 Å². The number of rotatable bonds is 3. The predicted octanol–water partition coefficient (Wildman–Crippen LogP) is 0.918. The summed E-state index contributed by atoms with van der Waals surface area (Å²) in [6.07, 6.45) is 6.15. The number of hydrogen-bond donors (Lipinski definition) is 1. The first-order valence-corrected chi connectivity index (χ1v) is 5.66. The second-order valence-corrected chi connectivity index (χ2v) is 4.24. The molecule has 0 saturated carbocycles. The Balaban J connectivity index is 1.82. The van der Waals surface area contributed by atoms with E-state index in [0.29, 0.717) is 6.04 Å². The molecule has 1 atom stereocenters. The highest BCUT2D eigenvalue weighted by atomic mass is 15.2. The monoisotopic (exact) mass is 205 g/mol. The Morgan fingerprint density at radius 3 is 3.27 bits per heavy atom. The summed E-state index contributed by atoms with van der Waals surface area (Å²) in [4.78, 5) is 6.59. The molecule has 0 aliphatic carbocycles. The van der Waals surface area contributed by atoms with E-state index in [1.165, 1.54) is 12.0 Å². The summed E-state index contributed by atoms with van der Waals surface area (Å²) in [6, 6.07) is 4.85. The van der Waals surface area contributed by atoms with E-state index in [1.54, 1.807) is 0 Å². The van der Waals surface area contributed by atoms with Crippen molar-refractivity contribution >= 4 is 0 Å². The SMILES string of the molecule is CN1CCNCC1CCc1cccnc1. The van der Waals surface area contributed by atoms with E-state index < -0.39 is 0 Å². The molecule has 1 N–H and O–H groups in total. The van der Waals surface area contributed by atoms with Crippen molar-refractivity contribution in [2.24, 2.45) is 0 Å². The maximum atomic E-state index is 4.14. The molecule has 3 heteroatoms. The number of aryl methyl sites for hydroxylation is 1. The van der Waals surface area contributed by atoms with Crippen LogP contribution in [0.25, 0.3) is 0 Å². The predicted molar refractivity (Wildman–Crippen MR) is 61.8 cm³/mol. The summed E-state index contributed by atoms with van der Waals surface area (Å²) in [6.45, 7) is 3.41. The molecule has 1 aromatic rings. The van der Waals surface area contributed by atoms with Crippen molar-refractivity contribution in [1.82, 2.24) is 15.2 Å². The molecule has 2 rings (SSSR count). The fourth-order valence-corrected chi connectivity index (χ4v) is 2.06. The molecular weight excluding hydrogens is 186 g/mol. The maximum Gasteiger partial charge on any atom is 0.0299 e. The molecule has 1 aliphatic rings. The number of aromatic nitrogens is 1. The second kappa shape index (κ2) is 5.24. The van der Waals surface area contributed by atoms with E-state index in [9.17, 15) is 0 Å². The minimum atomic E-state index is 0.680. The summed E-state index contributed by atoms with van der Waals surface area (Å²) in [7, 11) is 2.22. The lowest BCUT2D eigenvalue weighted by Gasteiger charge is -2.33. The number of nitrogens with zero attached hydrogens (tertiary/aromatic N) is 2. The fraction of sp³-hybridized carbons (Fsp3) is 0.583. The largest absolute Gasteiger partial charge is 0.314 e. The van der Waals surface area contributed by atoms with E-state index in [-0.39, 0.29) is 0 Å². The first kappa shape index (κ1) is 10.6. The molecule has 1 fully saturated rings. The Bertz CT molecular complexity index is 286. The highest BCUT2D eigenvalue weighted by Crippen LogP contribution is 2.09. The number of hydrogen-bond acceptors (Lipinski definition) is 3. The summed E-state index contributed by atoms with van der Waals surface area (Å²) in [5.74, 6) is 0. The van der Waals surface area contributed by atoms with Crippen LogP contribution < -0.4 is 5.32 Å². The van der Waals surface area contributed by atoms with E-state index >= 15 is 0 Å². The van der Waals surface area contributed by atoms with E-state index in [4.69, 9.17) is 0 Å². The lowest BCUT2D eigenvalue weighted by molar-refractivity contribution is 0.190. The summed E-state index contributed by atoms with van der Waals surface area (Å²) < 4.78 is 0. The van der Waals surface area contributed by atoms with Gasteiger partial charge in [0.15, 0.2) is 0 Å². The van der Waals surface area contributed by atoms with Crippen LogP contribution in [-0.2, 0) is 6.42 Å². The lowest BCUT2D eigenvalue weighted by Crippen LogP contribution is -2.49. The molecule has 1 saturated heterocycles. The smallest absolute Gasteiger partial charge is 0.0299 e. The van der Waals surface area contributed by atoms with Crippen LogP contribution in [0.1, 0.15) is 12.0 Å². The molecule has 0 radical (unpaired) electrons. The lowest BCUT2D eigenvalue weighted by atomic mass is 10.0. The Kier molecular flexibility index (Phi) is 3.69. The molecular formula is C12H19N3. The first-order valence-electron chi connectivity index (χ1n) is 5.66. The Labute approximate surface area is 91.5 Å². The van der Waals surface area contributed by atoms with Crippen molar-refractivity contribution in [3.05, 3.63) is 30.1 Å². The normalized spacial score (nSPS) is 22.9. The van der Waals surface area contributed by atoms with Gasteiger partial charge in [-0.1, -0.05) is 6.07 Å². The van der Waals surface area contributed by atoms with Gasteiger partial charge in [-0.3, -0.25) is 4.98 Å². The van der Waals surface area contributed by atoms with Gasteiger partial charge in [0.2, 0.25) is 0 Å². The second-order valence-electron chi connectivity index (χ2n) is 4.24. The quantitative estimate of drug-likeness (QED) is 0.795. The molecule has 0 bridgehead atoms. The van der Waals surface area contributed by atoms with Gasteiger partial charge < -0.3 is 10.2 Å². The maximum absolute atomic E-state index is 4.14. The van der Waals surface area contributed by atoms with Crippen LogP contribution in [-0.4, -0.2) is 42.6 Å². The topological polar surface area (TPSA) is 28.2 Å². The Morgan fingerprint density at radius 1 is 1.60 bits per heavy atom. The van der Waals surface area contributed by atoms with E-state index in [0.717, 1.165) is 26.1 Å². The fourth-order valence-electron chi connectivity index (χ4n) is 2.06. The molecule has 3 nitrogen and oxygen atoms in total. The van der Waals surface area contributed by atoms with Crippen LogP contribution in [0.5, 0.6) is 0 Å². The molecule has 0 amide bonds. The van der Waals surface area contributed by atoms with Crippen molar-refractivity contribution in [3.63, 3.8) is 0 Å². The third-order valence-electron chi connectivity index (χ3n) is 3.13. The van der Waals surface area contributed by atoms with Crippen LogP contribution in [0.4, 0.5) is 0 Å². The highest BCUT2D eigenvalue weighted by Gasteiger charge is 2.17. The van der Waals surface area contributed by atoms with Crippen molar-refractivity contribution in [2.45, 2.75) is 18.9 Å². The molecule has 1 aromatic heterocycles. The van der Waals surface area contributed by atoms with Crippen molar-refractivity contribution in [1.29, 1.82) is 0 Å². The van der Waals surface area contributed by atoms with Crippen LogP contribution in [0.2, 0.25) is 0 Å². The van der Waals surface area contributed by atoms with Crippen molar-refractivity contribution in [3.8, 4) is 0 Å². The number of nitrogens with one attached hydrogen (secondary N) is 1. The average molecular weight is 205 g/mol.